The number of carbonyl (C=O) groups excluding carboxylic acids is 1. The minimum absolute atomic E-state index is 0.0628. The molecule has 1 aromatic rings. The molecule has 0 bridgehead atoms. The molecule has 1 aromatic heterocycles. The maximum atomic E-state index is 11.7. The topological polar surface area (TPSA) is 54.0 Å². The van der Waals surface area contributed by atoms with Gasteiger partial charge in [-0.25, -0.2) is 4.98 Å². The molecule has 5 heteroatoms. The van der Waals surface area contributed by atoms with Crippen molar-refractivity contribution < 1.29 is 4.79 Å². The molecule has 0 radical (unpaired) electrons. The van der Waals surface area contributed by atoms with E-state index < -0.39 is 0 Å². The minimum Gasteiger partial charge on any atom is -0.354 e. The Bertz CT molecular complexity index is 459. The predicted octanol–water partition coefficient (Wildman–Crippen LogP) is 0.818. The highest BCUT2D eigenvalue weighted by Gasteiger charge is 2.18. The Morgan fingerprint density at radius 1 is 1.56 bits per heavy atom. The van der Waals surface area contributed by atoms with Crippen molar-refractivity contribution in [2.45, 2.75) is 31.7 Å². The van der Waals surface area contributed by atoms with Crippen LogP contribution in [-0.2, 0) is 24.1 Å². The number of fused-ring (bicyclic) bond motifs is 1. The number of aromatic nitrogens is 1. The summed E-state index contributed by atoms with van der Waals surface area (Å²) in [4.78, 5) is 17.8. The summed E-state index contributed by atoms with van der Waals surface area (Å²) >= 11 is 1.81. The van der Waals surface area contributed by atoms with E-state index in [4.69, 9.17) is 0 Å². The molecule has 0 unspecified atom stereocenters. The van der Waals surface area contributed by atoms with Gasteiger partial charge in [0, 0.05) is 24.4 Å². The molecular weight excluding hydrogens is 246 g/mol. The van der Waals surface area contributed by atoms with Gasteiger partial charge in [0.05, 0.1) is 10.7 Å². The third kappa shape index (κ3) is 2.47. The van der Waals surface area contributed by atoms with Crippen LogP contribution >= 0.6 is 11.3 Å². The molecule has 2 N–H and O–H groups in total. The monoisotopic (exact) mass is 263 g/mol. The number of hydrogen-bond acceptors (Lipinski definition) is 4. The van der Waals surface area contributed by atoms with E-state index in [1.807, 2.05) is 23.5 Å². The zero-order valence-electron chi connectivity index (χ0n) is 10.2. The molecule has 1 aliphatic heterocycles. The van der Waals surface area contributed by atoms with Gasteiger partial charge in [-0.15, -0.1) is 11.3 Å². The van der Waals surface area contributed by atoms with Gasteiger partial charge in [-0.05, 0) is 19.3 Å². The normalized spacial score (nSPS) is 21.2. The summed E-state index contributed by atoms with van der Waals surface area (Å²) in [6.07, 6.45) is 8.32. The lowest BCUT2D eigenvalue weighted by Gasteiger charge is -2.09. The molecule has 2 heterocycles. The van der Waals surface area contributed by atoms with Crippen molar-refractivity contribution >= 4 is 17.2 Å². The predicted molar refractivity (Wildman–Crippen MR) is 71.8 cm³/mol. The SMILES string of the molecule is O=C(NCCc1nc2c(s1)CCC2)[C@@H]1C=CCN1. The Kier molecular flexibility index (Phi) is 3.43. The first-order chi connectivity index (χ1) is 8.83. The van der Waals surface area contributed by atoms with Crippen molar-refractivity contribution in [2.75, 3.05) is 13.1 Å². The van der Waals surface area contributed by atoms with Gasteiger partial charge in [-0.1, -0.05) is 12.2 Å². The standard InChI is InChI=1S/C13H17N3OS/c17-13(10-4-2-7-14-10)15-8-6-12-16-9-3-1-5-11(9)18-12/h2,4,10,14H,1,3,5-8H2,(H,15,17)/t10-/m0/s1. The largest absolute Gasteiger partial charge is 0.354 e. The first kappa shape index (κ1) is 11.9. The van der Waals surface area contributed by atoms with Gasteiger partial charge >= 0.3 is 0 Å². The van der Waals surface area contributed by atoms with Crippen LogP contribution in [0.2, 0.25) is 0 Å². The van der Waals surface area contributed by atoms with Crippen LogP contribution < -0.4 is 10.6 Å². The molecule has 0 aromatic carbocycles. The van der Waals surface area contributed by atoms with Crippen LogP contribution in [0.3, 0.4) is 0 Å². The van der Waals surface area contributed by atoms with Crippen molar-refractivity contribution in [3.63, 3.8) is 0 Å². The fourth-order valence-corrected chi connectivity index (χ4v) is 3.56. The second-order valence-electron chi connectivity index (χ2n) is 4.69. The molecule has 3 rings (SSSR count). The fraction of sp³-hybridized carbons (Fsp3) is 0.538. The van der Waals surface area contributed by atoms with E-state index in [1.165, 1.54) is 23.4 Å². The molecule has 0 spiro atoms. The summed E-state index contributed by atoms with van der Waals surface area (Å²) in [6.45, 7) is 1.47. The average molecular weight is 263 g/mol. The van der Waals surface area contributed by atoms with E-state index in [1.54, 1.807) is 0 Å². The van der Waals surface area contributed by atoms with Crippen LogP contribution in [0, 0.1) is 0 Å². The summed E-state index contributed by atoms with van der Waals surface area (Å²) in [7, 11) is 0. The maximum absolute atomic E-state index is 11.7. The molecule has 2 aliphatic rings. The average Bonchev–Trinajstić information content (AvgIpc) is 3.05. The van der Waals surface area contributed by atoms with E-state index in [2.05, 4.69) is 15.6 Å². The number of aryl methyl sites for hydroxylation is 2. The summed E-state index contributed by atoms with van der Waals surface area (Å²) in [5.41, 5.74) is 1.29. The number of amides is 1. The van der Waals surface area contributed by atoms with Gasteiger partial charge in [0.2, 0.25) is 5.91 Å². The number of rotatable bonds is 4. The Morgan fingerprint density at radius 3 is 3.28 bits per heavy atom. The molecule has 18 heavy (non-hydrogen) atoms. The number of nitrogens with one attached hydrogen (secondary N) is 2. The first-order valence-corrected chi connectivity index (χ1v) is 7.30. The second kappa shape index (κ2) is 5.20. The summed E-state index contributed by atoms with van der Waals surface area (Å²) in [5, 5.41) is 7.21. The zero-order valence-corrected chi connectivity index (χ0v) is 11.1. The Labute approximate surface area is 111 Å². The van der Waals surface area contributed by atoms with Gasteiger partial charge in [-0.3, -0.25) is 10.1 Å². The first-order valence-electron chi connectivity index (χ1n) is 6.48. The van der Waals surface area contributed by atoms with E-state index in [9.17, 15) is 4.79 Å². The fourth-order valence-electron chi connectivity index (χ4n) is 2.40. The lowest BCUT2D eigenvalue weighted by molar-refractivity contribution is -0.121. The van der Waals surface area contributed by atoms with Gasteiger partial charge in [0.15, 0.2) is 0 Å². The quantitative estimate of drug-likeness (QED) is 0.791. The minimum atomic E-state index is -0.147. The number of hydrogen-bond donors (Lipinski definition) is 2. The lowest BCUT2D eigenvalue weighted by Crippen LogP contribution is -2.41. The van der Waals surface area contributed by atoms with E-state index in [0.29, 0.717) is 6.54 Å². The van der Waals surface area contributed by atoms with Gasteiger partial charge in [0.1, 0.15) is 6.04 Å². The highest BCUT2D eigenvalue weighted by Crippen LogP contribution is 2.27. The maximum Gasteiger partial charge on any atom is 0.241 e. The second-order valence-corrected chi connectivity index (χ2v) is 5.85. The van der Waals surface area contributed by atoms with Crippen LogP contribution in [0.5, 0.6) is 0 Å². The number of thiazole rings is 1. The molecule has 0 saturated carbocycles. The van der Waals surface area contributed by atoms with Crippen molar-refractivity contribution in [3.05, 3.63) is 27.7 Å². The highest BCUT2D eigenvalue weighted by molar-refractivity contribution is 7.11. The highest BCUT2D eigenvalue weighted by atomic mass is 32.1. The van der Waals surface area contributed by atoms with Crippen LogP contribution in [0.4, 0.5) is 0 Å². The van der Waals surface area contributed by atoms with Crippen LogP contribution in [0.25, 0.3) is 0 Å². The van der Waals surface area contributed by atoms with Gasteiger partial charge in [-0.2, -0.15) is 0 Å². The molecule has 1 atom stereocenters. The Hall–Kier alpha value is -1.20. The number of nitrogens with zero attached hydrogens (tertiary/aromatic N) is 1. The van der Waals surface area contributed by atoms with E-state index in [0.717, 1.165) is 24.4 Å². The molecule has 1 amide bonds. The van der Waals surface area contributed by atoms with E-state index >= 15 is 0 Å². The van der Waals surface area contributed by atoms with Crippen molar-refractivity contribution in [1.82, 2.24) is 15.6 Å². The molecule has 0 fully saturated rings. The molecular formula is C13H17N3OS. The van der Waals surface area contributed by atoms with E-state index in [-0.39, 0.29) is 11.9 Å². The molecule has 1 aliphatic carbocycles. The third-order valence-electron chi connectivity index (χ3n) is 3.34. The molecule has 0 saturated heterocycles. The molecule has 96 valence electrons. The van der Waals surface area contributed by atoms with Crippen molar-refractivity contribution in [2.24, 2.45) is 0 Å². The summed E-state index contributed by atoms with van der Waals surface area (Å²) in [6, 6.07) is -0.147. The van der Waals surface area contributed by atoms with Gasteiger partial charge in [0.25, 0.3) is 0 Å². The molecule has 4 nitrogen and oxygen atoms in total. The van der Waals surface area contributed by atoms with Crippen LogP contribution in [-0.4, -0.2) is 30.0 Å². The summed E-state index contributed by atoms with van der Waals surface area (Å²) in [5.74, 6) is 0.0628. The smallest absolute Gasteiger partial charge is 0.241 e. The number of carbonyl (C=O) groups is 1. The van der Waals surface area contributed by atoms with Crippen LogP contribution in [0.15, 0.2) is 12.2 Å². The van der Waals surface area contributed by atoms with Crippen molar-refractivity contribution in [3.8, 4) is 0 Å². The zero-order chi connectivity index (χ0) is 12.4. The van der Waals surface area contributed by atoms with Crippen LogP contribution in [0.1, 0.15) is 22.0 Å². The third-order valence-corrected chi connectivity index (χ3v) is 4.56. The Balaban J connectivity index is 1.46. The summed E-state index contributed by atoms with van der Waals surface area (Å²) < 4.78 is 0. The Morgan fingerprint density at radius 2 is 2.50 bits per heavy atom. The van der Waals surface area contributed by atoms with Gasteiger partial charge < -0.3 is 5.32 Å². The lowest BCUT2D eigenvalue weighted by atomic mass is 10.3. The van der Waals surface area contributed by atoms with Crippen molar-refractivity contribution in [1.29, 1.82) is 0 Å².